The normalized spacial score (nSPS) is 13.3. The van der Waals surface area contributed by atoms with Gasteiger partial charge in [0.05, 0.1) is 11.1 Å². The molecule has 0 aliphatic carbocycles. The maximum atomic E-state index is 14.1. The number of hydrogen-bond donors (Lipinski definition) is 0. The number of amides is 2. The highest BCUT2D eigenvalue weighted by Gasteiger charge is 2.41. The van der Waals surface area contributed by atoms with Crippen LogP contribution in [0.4, 0.5) is 22.0 Å². The summed E-state index contributed by atoms with van der Waals surface area (Å²) in [6.45, 7) is 4.74. The molecule has 2 amide bonds. The average molecular weight is 527 g/mol. The number of benzene rings is 3. The van der Waals surface area contributed by atoms with Crippen LogP contribution >= 0.6 is 0 Å². The summed E-state index contributed by atoms with van der Waals surface area (Å²) in [5.74, 6) is -17.3. The van der Waals surface area contributed by atoms with E-state index in [4.69, 9.17) is 4.74 Å². The van der Waals surface area contributed by atoms with Crippen LogP contribution in [0.5, 0.6) is 5.75 Å². The van der Waals surface area contributed by atoms with E-state index in [0.29, 0.717) is 0 Å². The fourth-order valence-corrected chi connectivity index (χ4v) is 4.34. The van der Waals surface area contributed by atoms with Crippen LogP contribution < -0.4 is 4.74 Å². The Balaban J connectivity index is 1.83. The van der Waals surface area contributed by atoms with Crippen LogP contribution in [0.1, 0.15) is 27.6 Å². The van der Waals surface area contributed by atoms with E-state index in [1.165, 1.54) is 25.1 Å². The molecule has 0 fully saturated rings. The number of halogens is 5. The second kappa shape index (κ2) is 8.49. The van der Waals surface area contributed by atoms with E-state index in [2.05, 4.69) is 10.9 Å². The Bertz CT molecular complexity index is 1620. The Morgan fingerprint density at radius 1 is 0.889 bits per heavy atom. The molecule has 0 N–H and O–H groups in total. The van der Waals surface area contributed by atoms with Crippen molar-refractivity contribution in [3.8, 4) is 5.75 Å². The Labute approximate surface area is 198 Å². The Kier molecular flexibility index (Phi) is 5.88. The molecule has 0 saturated heterocycles. The first-order valence-corrected chi connectivity index (χ1v) is 11.0. The molecule has 0 unspecified atom stereocenters. The number of ether oxygens (including phenoxy) is 1. The van der Waals surface area contributed by atoms with Gasteiger partial charge in [-0.25, -0.2) is 26.7 Å². The van der Waals surface area contributed by atoms with Gasteiger partial charge in [0.15, 0.2) is 28.2 Å². The highest BCUT2D eigenvalue weighted by molar-refractivity contribution is 7.86. The molecule has 0 saturated carbocycles. The lowest BCUT2D eigenvalue weighted by molar-refractivity contribution is -0.130. The highest BCUT2D eigenvalue weighted by atomic mass is 32.2. The molecular formula is C22H10F5NO7S. The molecule has 1 aliphatic rings. The van der Waals surface area contributed by atoms with Gasteiger partial charge in [0.2, 0.25) is 5.82 Å². The number of carbonyl (C=O) groups excluding carboxylic acids is 3. The van der Waals surface area contributed by atoms with Crippen LogP contribution in [-0.4, -0.2) is 31.3 Å². The minimum absolute atomic E-state index is 0.00198. The smallest absolute Gasteiger partial charge is 0.338 e. The molecular weight excluding hydrogens is 517 g/mol. The van der Waals surface area contributed by atoms with Gasteiger partial charge < -0.3 is 4.74 Å². The van der Waals surface area contributed by atoms with Gasteiger partial charge in [0.1, 0.15) is 5.75 Å². The third kappa shape index (κ3) is 3.79. The van der Waals surface area contributed by atoms with Crippen LogP contribution in [-0.2, 0) is 19.2 Å². The zero-order valence-corrected chi connectivity index (χ0v) is 18.5. The monoisotopic (exact) mass is 527 g/mol. The summed E-state index contributed by atoms with van der Waals surface area (Å²) in [6, 6.07) is 6.16. The topological polar surface area (TPSA) is 107 Å². The van der Waals surface area contributed by atoms with Gasteiger partial charge in [-0.3, -0.25) is 9.59 Å². The fraction of sp³-hybridized carbons (Fsp3) is 0.0455. The van der Waals surface area contributed by atoms with Gasteiger partial charge in [-0.15, -0.1) is 9.35 Å². The maximum Gasteiger partial charge on any atom is 0.338 e. The third-order valence-corrected chi connectivity index (χ3v) is 6.14. The molecule has 0 atom stereocenters. The Morgan fingerprint density at radius 3 is 2.03 bits per heavy atom. The van der Waals surface area contributed by atoms with Crippen LogP contribution in [0.25, 0.3) is 10.8 Å². The van der Waals surface area contributed by atoms with E-state index in [9.17, 15) is 44.8 Å². The van der Waals surface area contributed by atoms with Crippen LogP contribution in [0.3, 0.4) is 0 Å². The zero-order chi connectivity index (χ0) is 26.7. The van der Waals surface area contributed by atoms with Gasteiger partial charge in [0.25, 0.3) is 11.8 Å². The first kappa shape index (κ1) is 24.9. The Hall–Kier alpha value is -4.17. The van der Waals surface area contributed by atoms with Gasteiger partial charge >= 0.3 is 16.1 Å². The number of rotatable bonds is 5. The number of esters is 1. The highest BCUT2D eigenvalue weighted by Crippen LogP contribution is 2.35. The quantitative estimate of drug-likeness (QED) is 0.0942. The van der Waals surface area contributed by atoms with Crippen molar-refractivity contribution in [1.82, 2.24) is 5.06 Å². The molecule has 1 heterocycles. The van der Waals surface area contributed by atoms with E-state index < -0.39 is 72.5 Å². The summed E-state index contributed by atoms with van der Waals surface area (Å²) < 4.78 is 103. The lowest BCUT2D eigenvalue weighted by atomic mass is 9.95. The number of carbonyl (C=O) groups is 3. The van der Waals surface area contributed by atoms with Gasteiger partial charge in [0, 0.05) is 11.0 Å². The largest absolute Gasteiger partial charge is 0.423 e. The molecule has 186 valence electrons. The fourth-order valence-electron chi connectivity index (χ4n) is 3.32. The van der Waals surface area contributed by atoms with Gasteiger partial charge in [-0.1, -0.05) is 18.7 Å². The predicted octanol–water partition coefficient (Wildman–Crippen LogP) is 3.93. The van der Waals surface area contributed by atoms with Crippen molar-refractivity contribution < 1.29 is 53.8 Å². The second-order valence-electron chi connectivity index (χ2n) is 7.38. The predicted molar refractivity (Wildman–Crippen MR) is 109 cm³/mol. The van der Waals surface area contributed by atoms with E-state index >= 15 is 0 Å². The third-order valence-electron chi connectivity index (χ3n) is 4.93. The lowest BCUT2D eigenvalue weighted by Gasteiger charge is -2.25. The molecule has 0 bridgehead atoms. The standard InChI is InChI=1S/C22H10F5NO7S/c1-8(2)22(31)34-10-6-9-4-3-5-11-13(9)12(7-10)21(30)28(20(11)29)35-36(32,33)19-17(26)15(24)14(23)16(25)18(19)27/h3-7H,1H2,2H3. The number of nitrogens with zero attached hydrogens (tertiary/aromatic N) is 1. The number of hydroxylamine groups is 2. The van der Waals surface area contributed by atoms with Crippen molar-refractivity contribution in [1.29, 1.82) is 0 Å². The number of imide groups is 1. The van der Waals surface area contributed by atoms with Crippen LogP contribution in [0.15, 0.2) is 47.4 Å². The molecule has 0 radical (unpaired) electrons. The van der Waals surface area contributed by atoms with Crippen molar-refractivity contribution in [3.05, 3.63) is 82.7 Å². The first-order chi connectivity index (χ1) is 16.8. The molecule has 0 spiro atoms. The molecule has 4 rings (SSSR count). The van der Waals surface area contributed by atoms with Gasteiger partial charge in [-0.2, -0.15) is 8.42 Å². The molecule has 8 nitrogen and oxygen atoms in total. The minimum atomic E-state index is -5.97. The minimum Gasteiger partial charge on any atom is -0.423 e. The van der Waals surface area contributed by atoms with Crippen molar-refractivity contribution in [3.63, 3.8) is 0 Å². The maximum absolute atomic E-state index is 14.1. The van der Waals surface area contributed by atoms with Crippen molar-refractivity contribution >= 4 is 38.7 Å². The van der Waals surface area contributed by atoms with E-state index in [-0.39, 0.29) is 27.7 Å². The summed E-state index contributed by atoms with van der Waals surface area (Å²) in [6.07, 6.45) is 0. The zero-order valence-electron chi connectivity index (χ0n) is 17.7. The van der Waals surface area contributed by atoms with E-state index in [1.807, 2.05) is 0 Å². The molecule has 3 aromatic carbocycles. The number of hydrogen-bond acceptors (Lipinski definition) is 7. The molecule has 3 aromatic rings. The lowest BCUT2D eigenvalue weighted by Crippen LogP contribution is -2.42. The average Bonchev–Trinajstić information content (AvgIpc) is 2.82. The van der Waals surface area contributed by atoms with Gasteiger partial charge in [-0.05, 0) is 30.5 Å². The first-order valence-electron chi connectivity index (χ1n) is 9.55. The van der Waals surface area contributed by atoms with Crippen molar-refractivity contribution in [2.24, 2.45) is 0 Å². The SMILES string of the molecule is C=C(C)C(=O)Oc1cc2c3c(cccc3c1)C(=O)N(OS(=O)(=O)c1c(F)c(F)c(F)c(F)c1F)C2=O. The molecule has 36 heavy (non-hydrogen) atoms. The van der Waals surface area contributed by atoms with Crippen LogP contribution in [0, 0.1) is 29.1 Å². The summed E-state index contributed by atoms with van der Waals surface area (Å²) in [5, 5.41) is -0.218. The summed E-state index contributed by atoms with van der Waals surface area (Å²) >= 11 is 0. The van der Waals surface area contributed by atoms with Crippen molar-refractivity contribution in [2.45, 2.75) is 11.8 Å². The van der Waals surface area contributed by atoms with Crippen molar-refractivity contribution in [2.75, 3.05) is 0 Å². The Morgan fingerprint density at radius 2 is 1.44 bits per heavy atom. The van der Waals surface area contributed by atoms with E-state index in [0.717, 1.165) is 12.1 Å². The molecule has 14 heteroatoms. The molecule has 1 aliphatic heterocycles. The van der Waals surface area contributed by atoms with E-state index in [1.54, 1.807) is 0 Å². The summed E-state index contributed by atoms with van der Waals surface area (Å²) in [7, 11) is -5.97. The molecule has 0 aromatic heterocycles. The second-order valence-corrected chi connectivity index (χ2v) is 8.84. The summed E-state index contributed by atoms with van der Waals surface area (Å²) in [5.41, 5.74) is -0.745. The van der Waals surface area contributed by atoms with Crippen LogP contribution in [0.2, 0.25) is 0 Å². The summed E-state index contributed by atoms with van der Waals surface area (Å²) in [4.78, 5) is 35.3.